The summed E-state index contributed by atoms with van der Waals surface area (Å²) in [5.74, 6) is -1.21. The minimum absolute atomic E-state index is 0.00600. The molecule has 0 radical (unpaired) electrons. The molecular formula is C18H28O3. The Kier molecular flexibility index (Phi) is 7.65. The number of allylic oxidation sites excluding steroid dienone is 6. The first kappa shape index (κ1) is 17.9. The van der Waals surface area contributed by atoms with Crippen LogP contribution >= 0.6 is 0 Å². The molecule has 0 aromatic heterocycles. The molecule has 1 saturated heterocycles. The summed E-state index contributed by atoms with van der Waals surface area (Å²) in [5.41, 5.74) is 2.24. The van der Waals surface area contributed by atoms with Gasteiger partial charge in [0.25, 0.3) is 0 Å². The summed E-state index contributed by atoms with van der Waals surface area (Å²) in [7, 11) is 0. The first-order valence-electron chi connectivity index (χ1n) is 7.55. The van der Waals surface area contributed by atoms with E-state index in [1.54, 1.807) is 0 Å². The highest BCUT2D eigenvalue weighted by Crippen LogP contribution is 2.35. The van der Waals surface area contributed by atoms with Crippen LogP contribution in [0.1, 0.15) is 34.1 Å². The van der Waals surface area contributed by atoms with Crippen LogP contribution in [-0.4, -0.2) is 30.7 Å². The fourth-order valence-electron chi connectivity index (χ4n) is 2.44. The van der Waals surface area contributed by atoms with E-state index < -0.39 is 5.79 Å². The molecule has 118 valence electrons. The maximum atomic E-state index is 10.7. The van der Waals surface area contributed by atoms with E-state index in [0.29, 0.717) is 13.2 Å². The quantitative estimate of drug-likeness (QED) is 0.726. The molecule has 0 aromatic rings. The highest BCUT2D eigenvalue weighted by atomic mass is 16.7. The molecule has 2 unspecified atom stereocenters. The van der Waals surface area contributed by atoms with Gasteiger partial charge in [0.2, 0.25) is 0 Å². The van der Waals surface area contributed by atoms with Crippen LogP contribution < -0.4 is 0 Å². The van der Waals surface area contributed by atoms with E-state index in [0.717, 1.165) is 17.6 Å². The largest absolute Gasteiger partial charge is 0.371 e. The third-order valence-electron chi connectivity index (χ3n) is 3.62. The highest BCUT2D eigenvalue weighted by Gasteiger charge is 2.43. The topological polar surface area (TPSA) is 38.7 Å². The van der Waals surface area contributed by atoms with Gasteiger partial charge in [-0.2, -0.15) is 0 Å². The zero-order valence-corrected chi connectivity index (χ0v) is 13.6. The Balaban J connectivity index is 2.59. The van der Waals surface area contributed by atoms with Crippen molar-refractivity contribution in [3.8, 4) is 0 Å². The predicted molar refractivity (Wildman–Crippen MR) is 87.0 cm³/mol. The third-order valence-corrected chi connectivity index (χ3v) is 3.62. The Hall–Kier alpha value is -1.16. The second kappa shape index (κ2) is 8.98. The fourth-order valence-corrected chi connectivity index (χ4v) is 2.44. The second-order valence-corrected chi connectivity index (χ2v) is 5.50. The number of rotatable bonds is 7. The van der Waals surface area contributed by atoms with Crippen LogP contribution in [0.15, 0.2) is 47.6 Å². The zero-order valence-electron chi connectivity index (χ0n) is 13.6. The Bertz CT molecular complexity index is 432. The molecule has 0 aliphatic carbocycles. The first-order valence-corrected chi connectivity index (χ1v) is 7.55. The monoisotopic (exact) mass is 292 g/mol. The summed E-state index contributed by atoms with van der Waals surface area (Å²) in [4.78, 5) is 0. The molecule has 1 aliphatic rings. The van der Waals surface area contributed by atoms with Gasteiger partial charge in [-0.15, -0.1) is 0 Å². The van der Waals surface area contributed by atoms with E-state index >= 15 is 0 Å². The van der Waals surface area contributed by atoms with Gasteiger partial charge in [-0.3, -0.25) is 0 Å². The molecule has 0 saturated carbocycles. The average molecular weight is 292 g/mol. The van der Waals surface area contributed by atoms with E-state index in [9.17, 15) is 5.11 Å². The van der Waals surface area contributed by atoms with E-state index in [4.69, 9.17) is 9.47 Å². The Morgan fingerprint density at radius 2 is 1.90 bits per heavy atom. The van der Waals surface area contributed by atoms with Gasteiger partial charge >= 0.3 is 0 Å². The van der Waals surface area contributed by atoms with Crippen molar-refractivity contribution < 1.29 is 14.6 Å². The lowest BCUT2D eigenvalue weighted by Gasteiger charge is -2.29. The van der Waals surface area contributed by atoms with Crippen LogP contribution in [0.4, 0.5) is 0 Å². The van der Waals surface area contributed by atoms with Crippen LogP contribution in [0.3, 0.4) is 0 Å². The van der Waals surface area contributed by atoms with E-state index in [1.165, 1.54) is 0 Å². The molecule has 0 aromatic carbocycles. The number of hydrogen-bond donors (Lipinski definition) is 1. The number of ether oxygens (including phenoxy) is 2. The van der Waals surface area contributed by atoms with Crippen LogP contribution in [0.2, 0.25) is 0 Å². The summed E-state index contributed by atoms with van der Waals surface area (Å²) in [6.45, 7) is 9.25. The summed E-state index contributed by atoms with van der Waals surface area (Å²) < 4.78 is 11.2. The predicted octanol–water partition coefficient (Wildman–Crippen LogP) is 3.77. The molecule has 3 heteroatoms. The van der Waals surface area contributed by atoms with Crippen molar-refractivity contribution in [2.45, 2.75) is 39.9 Å². The van der Waals surface area contributed by atoms with Gasteiger partial charge in [0, 0.05) is 5.92 Å². The molecule has 1 heterocycles. The van der Waals surface area contributed by atoms with Crippen molar-refractivity contribution in [2.75, 3.05) is 19.8 Å². The van der Waals surface area contributed by atoms with Crippen molar-refractivity contribution in [3.05, 3.63) is 47.6 Å². The summed E-state index contributed by atoms with van der Waals surface area (Å²) >= 11 is 0. The highest BCUT2D eigenvalue weighted by molar-refractivity contribution is 5.16. The Labute approximate surface area is 128 Å². The van der Waals surface area contributed by atoms with Gasteiger partial charge in [0.05, 0.1) is 13.2 Å². The van der Waals surface area contributed by atoms with Gasteiger partial charge < -0.3 is 14.6 Å². The Morgan fingerprint density at radius 1 is 1.24 bits per heavy atom. The zero-order chi connectivity index (χ0) is 15.7. The average Bonchev–Trinajstić information content (AvgIpc) is 2.84. The minimum atomic E-state index is -1.21. The molecule has 1 fully saturated rings. The van der Waals surface area contributed by atoms with E-state index in [-0.39, 0.29) is 12.5 Å². The summed E-state index contributed by atoms with van der Waals surface area (Å²) in [6, 6.07) is 0. The molecule has 21 heavy (non-hydrogen) atoms. The lowest BCUT2D eigenvalue weighted by molar-refractivity contribution is -0.218. The SMILES string of the molecule is C/C=C\C=C(/C)COCC1(O)OCCC1/C(C)=C/C=C\C. The summed E-state index contributed by atoms with van der Waals surface area (Å²) in [6.07, 6.45) is 12.8. The molecule has 1 aliphatic heterocycles. The lowest BCUT2D eigenvalue weighted by atomic mass is 9.90. The van der Waals surface area contributed by atoms with Crippen molar-refractivity contribution in [1.82, 2.24) is 0 Å². The van der Waals surface area contributed by atoms with Crippen LogP contribution in [-0.2, 0) is 9.47 Å². The molecule has 3 nitrogen and oxygen atoms in total. The van der Waals surface area contributed by atoms with Crippen LogP contribution in [0.25, 0.3) is 0 Å². The van der Waals surface area contributed by atoms with Crippen LogP contribution in [0, 0.1) is 5.92 Å². The van der Waals surface area contributed by atoms with Gasteiger partial charge in [-0.1, -0.05) is 42.0 Å². The van der Waals surface area contributed by atoms with Crippen molar-refractivity contribution in [1.29, 1.82) is 0 Å². The fraction of sp³-hybridized carbons (Fsp3) is 0.556. The maximum Gasteiger partial charge on any atom is 0.196 e. The van der Waals surface area contributed by atoms with Crippen molar-refractivity contribution in [2.24, 2.45) is 5.92 Å². The molecule has 0 amide bonds. The summed E-state index contributed by atoms with van der Waals surface area (Å²) in [5, 5.41) is 10.7. The second-order valence-electron chi connectivity index (χ2n) is 5.50. The van der Waals surface area contributed by atoms with Gasteiger partial charge in [0.1, 0.15) is 6.61 Å². The van der Waals surface area contributed by atoms with Crippen molar-refractivity contribution >= 4 is 0 Å². The van der Waals surface area contributed by atoms with Gasteiger partial charge in [-0.25, -0.2) is 0 Å². The normalized spacial score (nSPS) is 28.1. The minimum Gasteiger partial charge on any atom is -0.371 e. The van der Waals surface area contributed by atoms with Crippen molar-refractivity contribution in [3.63, 3.8) is 0 Å². The molecule has 0 bridgehead atoms. The lowest BCUT2D eigenvalue weighted by Crippen LogP contribution is -2.41. The van der Waals surface area contributed by atoms with Gasteiger partial charge in [0.15, 0.2) is 5.79 Å². The standard InChI is InChI=1S/C18H28O3/c1-5-7-9-15(3)13-20-14-18(19)17(11-12-21-18)16(4)10-8-6-2/h5-10,17,19H,11-14H2,1-4H3/b7-5-,8-6-,15-9+,16-10+. The Morgan fingerprint density at radius 3 is 2.57 bits per heavy atom. The number of hydrogen-bond acceptors (Lipinski definition) is 3. The first-order chi connectivity index (χ1) is 10.0. The number of aliphatic hydroxyl groups is 1. The van der Waals surface area contributed by atoms with Crippen LogP contribution in [0.5, 0.6) is 0 Å². The maximum absolute atomic E-state index is 10.7. The molecule has 1 N–H and O–H groups in total. The molecule has 1 rings (SSSR count). The smallest absolute Gasteiger partial charge is 0.196 e. The van der Waals surface area contributed by atoms with Gasteiger partial charge in [-0.05, 0) is 39.7 Å². The molecular weight excluding hydrogens is 264 g/mol. The molecule has 2 atom stereocenters. The third kappa shape index (κ3) is 5.62. The van der Waals surface area contributed by atoms with E-state index in [1.807, 2.05) is 64.2 Å². The van der Waals surface area contributed by atoms with E-state index in [2.05, 4.69) is 0 Å². The molecule has 0 spiro atoms.